The molecule has 0 spiro atoms. The largest absolute Gasteiger partial charge is 0.495 e. The number of ether oxygens (including phenoxy) is 1. The lowest BCUT2D eigenvalue weighted by atomic mass is 9.82. The summed E-state index contributed by atoms with van der Waals surface area (Å²) in [5.41, 5.74) is 6.48. The molecule has 2 aromatic heterocycles. The van der Waals surface area contributed by atoms with Crippen LogP contribution in [0.4, 0.5) is 0 Å². The zero-order valence-corrected chi connectivity index (χ0v) is 22.7. The monoisotopic (exact) mass is 531 g/mol. The molecule has 2 N–H and O–H groups in total. The Morgan fingerprint density at radius 2 is 1.87 bits per heavy atom. The van der Waals surface area contributed by atoms with Crippen LogP contribution in [-0.4, -0.2) is 33.4 Å². The quantitative estimate of drug-likeness (QED) is 0.250. The molecule has 0 amide bonds. The van der Waals surface area contributed by atoms with E-state index < -0.39 is 0 Å². The van der Waals surface area contributed by atoms with Gasteiger partial charge >= 0.3 is 0 Å². The van der Waals surface area contributed by atoms with Gasteiger partial charge in [-0.1, -0.05) is 35.9 Å². The molecular formula is C31H34ClN3O3. The van der Waals surface area contributed by atoms with E-state index in [-0.39, 0.29) is 12.4 Å². The van der Waals surface area contributed by atoms with E-state index in [2.05, 4.69) is 23.6 Å². The molecule has 1 aliphatic carbocycles. The van der Waals surface area contributed by atoms with Crippen molar-refractivity contribution in [2.75, 3.05) is 7.11 Å². The number of fused-ring (bicyclic) bond motifs is 1. The predicted octanol–water partition coefficient (Wildman–Crippen LogP) is 6.25. The Balaban J connectivity index is 1.19. The molecule has 198 valence electrons. The van der Waals surface area contributed by atoms with Crippen molar-refractivity contribution in [2.45, 2.75) is 58.2 Å². The van der Waals surface area contributed by atoms with Gasteiger partial charge in [0.1, 0.15) is 11.4 Å². The van der Waals surface area contributed by atoms with Gasteiger partial charge in [0, 0.05) is 36.1 Å². The standard InChI is InChI=1S/C31H34ClN3O3/c1-20(37)24-7-3-22(4-8-24)17-33-26-9-5-21(6-10-26)13-23-11-12-35-18-29(34-31(35)14-23)27-16-28(32)30(38-2)15-25(27)19-36/h3-4,7-8,11-12,14-16,18,21,26,33,36H,5-6,9-10,13,17,19H2,1-2H3. The first-order valence-corrected chi connectivity index (χ1v) is 13.6. The number of carbonyl (C=O) groups is 1. The first-order valence-electron chi connectivity index (χ1n) is 13.2. The molecule has 4 aromatic rings. The van der Waals surface area contributed by atoms with Crippen molar-refractivity contribution in [3.63, 3.8) is 0 Å². The number of halogens is 1. The number of aliphatic hydroxyl groups is 1. The van der Waals surface area contributed by atoms with E-state index in [0.29, 0.717) is 22.7 Å². The molecule has 7 heteroatoms. The lowest BCUT2D eigenvalue weighted by Crippen LogP contribution is -2.33. The molecule has 2 heterocycles. The van der Waals surface area contributed by atoms with Crippen molar-refractivity contribution >= 4 is 23.0 Å². The van der Waals surface area contributed by atoms with Gasteiger partial charge in [0.15, 0.2) is 5.78 Å². The number of methoxy groups -OCH3 is 1. The van der Waals surface area contributed by atoms with Crippen LogP contribution < -0.4 is 10.1 Å². The fourth-order valence-corrected chi connectivity index (χ4v) is 5.67. The highest BCUT2D eigenvalue weighted by molar-refractivity contribution is 6.32. The van der Waals surface area contributed by atoms with E-state index in [9.17, 15) is 9.90 Å². The number of imidazole rings is 1. The zero-order valence-electron chi connectivity index (χ0n) is 21.9. The maximum absolute atomic E-state index is 11.5. The van der Waals surface area contributed by atoms with E-state index >= 15 is 0 Å². The van der Waals surface area contributed by atoms with Gasteiger partial charge in [-0.3, -0.25) is 4.79 Å². The Morgan fingerprint density at radius 1 is 1.11 bits per heavy atom. The molecule has 0 unspecified atom stereocenters. The third-order valence-corrected chi connectivity index (χ3v) is 7.97. The Hall–Kier alpha value is -3.19. The van der Waals surface area contributed by atoms with Gasteiger partial charge in [0.25, 0.3) is 0 Å². The van der Waals surface area contributed by atoms with Crippen LogP contribution in [0.5, 0.6) is 5.75 Å². The Bertz CT molecular complexity index is 1420. The summed E-state index contributed by atoms with van der Waals surface area (Å²) >= 11 is 6.36. The normalized spacial score (nSPS) is 17.6. The number of Topliss-reactive ketones (excluding diaryl/α,β-unsaturated/α-hetero) is 1. The number of rotatable bonds is 9. The zero-order chi connectivity index (χ0) is 26.6. The van der Waals surface area contributed by atoms with Crippen molar-refractivity contribution in [1.82, 2.24) is 14.7 Å². The first-order chi connectivity index (χ1) is 18.4. The van der Waals surface area contributed by atoms with Crippen molar-refractivity contribution in [1.29, 1.82) is 0 Å². The summed E-state index contributed by atoms with van der Waals surface area (Å²) in [7, 11) is 1.56. The van der Waals surface area contributed by atoms with Gasteiger partial charge in [0.05, 0.1) is 24.4 Å². The summed E-state index contributed by atoms with van der Waals surface area (Å²) in [4.78, 5) is 16.3. The van der Waals surface area contributed by atoms with Gasteiger partial charge in [-0.05, 0) is 85.9 Å². The SMILES string of the molecule is COc1cc(CO)c(-c2cn3ccc(CC4CCC(NCc5ccc(C(C)=O)cc5)CC4)cc3n2)cc1Cl. The smallest absolute Gasteiger partial charge is 0.159 e. The predicted molar refractivity (Wildman–Crippen MR) is 151 cm³/mol. The first kappa shape index (κ1) is 26.4. The fraction of sp³-hybridized carbons (Fsp3) is 0.355. The summed E-state index contributed by atoms with van der Waals surface area (Å²) in [6.07, 6.45) is 9.85. The molecule has 2 aromatic carbocycles. The third kappa shape index (κ3) is 5.93. The maximum Gasteiger partial charge on any atom is 0.159 e. The minimum absolute atomic E-state index is 0.105. The highest BCUT2D eigenvalue weighted by atomic mass is 35.5. The van der Waals surface area contributed by atoms with Gasteiger partial charge in [-0.15, -0.1) is 0 Å². The molecule has 0 aliphatic heterocycles. The third-order valence-electron chi connectivity index (χ3n) is 7.68. The van der Waals surface area contributed by atoms with Crippen molar-refractivity contribution in [2.24, 2.45) is 5.92 Å². The van der Waals surface area contributed by atoms with Crippen molar-refractivity contribution < 1.29 is 14.6 Å². The van der Waals surface area contributed by atoms with E-state index in [4.69, 9.17) is 21.3 Å². The van der Waals surface area contributed by atoms with Crippen molar-refractivity contribution in [3.8, 4) is 17.0 Å². The van der Waals surface area contributed by atoms with E-state index in [1.54, 1.807) is 20.1 Å². The average Bonchev–Trinajstić information content (AvgIpc) is 3.36. The number of nitrogens with one attached hydrogen (secondary N) is 1. The molecule has 1 aliphatic rings. The second kappa shape index (κ2) is 11.7. The number of hydrogen-bond acceptors (Lipinski definition) is 5. The van der Waals surface area contributed by atoms with Crippen LogP contribution in [0.25, 0.3) is 16.9 Å². The van der Waals surface area contributed by atoms with Gasteiger partial charge < -0.3 is 19.6 Å². The number of benzene rings is 2. The van der Waals surface area contributed by atoms with Crippen LogP contribution in [0, 0.1) is 5.92 Å². The number of aliphatic hydroxyl groups excluding tert-OH is 1. The highest BCUT2D eigenvalue weighted by Gasteiger charge is 2.21. The van der Waals surface area contributed by atoms with Crippen LogP contribution in [0.15, 0.2) is 60.9 Å². The minimum Gasteiger partial charge on any atom is -0.495 e. The Morgan fingerprint density at radius 3 is 2.55 bits per heavy atom. The second-order valence-electron chi connectivity index (χ2n) is 10.3. The lowest BCUT2D eigenvalue weighted by Gasteiger charge is -2.29. The summed E-state index contributed by atoms with van der Waals surface area (Å²) in [6.45, 7) is 2.32. The Kier molecular flexibility index (Phi) is 8.12. The fourth-order valence-electron chi connectivity index (χ4n) is 5.43. The number of carbonyl (C=O) groups excluding carboxylic acids is 1. The molecule has 0 atom stereocenters. The van der Waals surface area contributed by atoms with Gasteiger partial charge in [-0.2, -0.15) is 0 Å². The molecule has 1 fully saturated rings. The summed E-state index contributed by atoms with van der Waals surface area (Å²) < 4.78 is 7.31. The number of pyridine rings is 1. The van der Waals surface area contributed by atoms with E-state index in [0.717, 1.165) is 41.0 Å². The lowest BCUT2D eigenvalue weighted by molar-refractivity contribution is 0.101. The van der Waals surface area contributed by atoms with Gasteiger partial charge in [-0.25, -0.2) is 4.98 Å². The summed E-state index contributed by atoms with van der Waals surface area (Å²) in [6, 6.07) is 16.4. The summed E-state index contributed by atoms with van der Waals surface area (Å²) in [5.74, 6) is 1.31. The van der Waals surface area contributed by atoms with Crippen LogP contribution in [0.1, 0.15) is 59.7 Å². The van der Waals surface area contributed by atoms with Crippen LogP contribution in [0.3, 0.4) is 0 Å². The van der Waals surface area contributed by atoms with Crippen LogP contribution >= 0.6 is 11.6 Å². The molecule has 38 heavy (non-hydrogen) atoms. The van der Waals surface area contributed by atoms with E-state index in [1.165, 1.54) is 36.8 Å². The molecule has 0 saturated heterocycles. The molecular weight excluding hydrogens is 498 g/mol. The summed E-state index contributed by atoms with van der Waals surface area (Å²) in [5, 5.41) is 14.1. The highest BCUT2D eigenvalue weighted by Crippen LogP contribution is 2.34. The Labute approximate surface area is 228 Å². The maximum atomic E-state index is 11.5. The molecule has 6 nitrogen and oxygen atoms in total. The number of hydrogen-bond donors (Lipinski definition) is 2. The van der Waals surface area contributed by atoms with Crippen LogP contribution in [0.2, 0.25) is 5.02 Å². The molecule has 5 rings (SSSR count). The number of nitrogens with zero attached hydrogens (tertiary/aromatic N) is 2. The van der Waals surface area contributed by atoms with Crippen LogP contribution in [-0.2, 0) is 19.6 Å². The van der Waals surface area contributed by atoms with E-state index in [1.807, 2.05) is 40.9 Å². The van der Waals surface area contributed by atoms with Crippen molar-refractivity contribution in [3.05, 3.63) is 88.2 Å². The molecule has 0 bridgehead atoms. The second-order valence-corrected chi connectivity index (χ2v) is 10.7. The average molecular weight is 532 g/mol. The molecule has 1 saturated carbocycles. The molecule has 0 radical (unpaired) electrons. The number of aromatic nitrogens is 2. The van der Waals surface area contributed by atoms with Gasteiger partial charge in [0.2, 0.25) is 0 Å². The topological polar surface area (TPSA) is 75.9 Å². The number of ketones is 1. The minimum atomic E-state index is -0.119.